The summed E-state index contributed by atoms with van der Waals surface area (Å²) in [5.41, 5.74) is 4.02. The Labute approximate surface area is 186 Å². The molecule has 2 aliphatic rings. The van der Waals surface area contributed by atoms with Crippen LogP contribution < -0.4 is 4.74 Å². The Balaban J connectivity index is 1.54. The number of aryl methyl sites for hydroxylation is 1. The molecule has 0 bridgehead atoms. The quantitative estimate of drug-likeness (QED) is 0.254. The maximum absolute atomic E-state index is 14.0. The molecule has 1 heterocycles. The van der Waals surface area contributed by atoms with E-state index in [-0.39, 0.29) is 5.78 Å². The molecule has 2 heteroatoms. The van der Waals surface area contributed by atoms with Crippen molar-refractivity contribution in [2.75, 3.05) is 0 Å². The van der Waals surface area contributed by atoms with Crippen molar-refractivity contribution in [3.05, 3.63) is 114 Å². The average Bonchev–Trinajstić information content (AvgIpc) is 2.87. The fraction of sp³-hybridized carbons (Fsp3) is 0.100. The molecule has 0 radical (unpaired) electrons. The van der Waals surface area contributed by atoms with Gasteiger partial charge in [0.25, 0.3) is 0 Å². The summed E-state index contributed by atoms with van der Waals surface area (Å²) in [5.74, 6) is 0.919. The number of ketones is 1. The van der Waals surface area contributed by atoms with Crippen LogP contribution in [0.25, 0.3) is 32.7 Å². The number of hydrogen-bond acceptors (Lipinski definition) is 2. The Morgan fingerprint density at radius 1 is 0.594 bits per heavy atom. The summed E-state index contributed by atoms with van der Waals surface area (Å²) in [4.78, 5) is 14.0. The van der Waals surface area contributed by atoms with E-state index < -0.39 is 5.60 Å². The van der Waals surface area contributed by atoms with E-state index in [9.17, 15) is 4.79 Å². The standard InChI is InChI=1S/C30H20O2/c31-29-26-15-6-4-12-22(26)23-13-7-8-16-27(23)30(29)18-17-25-21-11-2-1-9-19(21)20-10-3-5-14-24(20)28(25)32-30/h1-16H,17-18H2/t30-/m0/s1. The molecule has 32 heavy (non-hydrogen) atoms. The fourth-order valence-corrected chi connectivity index (χ4v) is 5.75. The Hall–Kier alpha value is -3.91. The van der Waals surface area contributed by atoms with Gasteiger partial charge in [-0.2, -0.15) is 0 Å². The zero-order valence-electron chi connectivity index (χ0n) is 17.5. The minimum Gasteiger partial charge on any atom is -0.473 e. The van der Waals surface area contributed by atoms with Gasteiger partial charge in [-0.1, -0.05) is 97.1 Å². The number of ether oxygens (including phenoxy) is 1. The van der Waals surface area contributed by atoms with Gasteiger partial charge in [-0.3, -0.25) is 4.79 Å². The van der Waals surface area contributed by atoms with Crippen LogP contribution in [0.3, 0.4) is 0 Å². The van der Waals surface area contributed by atoms with Crippen molar-refractivity contribution in [1.82, 2.24) is 0 Å². The largest absolute Gasteiger partial charge is 0.473 e. The van der Waals surface area contributed by atoms with Crippen molar-refractivity contribution >= 4 is 27.3 Å². The Morgan fingerprint density at radius 2 is 1.16 bits per heavy atom. The van der Waals surface area contributed by atoms with Crippen LogP contribution in [-0.4, -0.2) is 5.78 Å². The first kappa shape index (κ1) is 17.7. The molecule has 0 saturated carbocycles. The van der Waals surface area contributed by atoms with E-state index in [2.05, 4.69) is 54.6 Å². The first-order valence-corrected chi connectivity index (χ1v) is 11.1. The number of carbonyl (C=O) groups excluding carboxylic acids is 1. The van der Waals surface area contributed by atoms with Crippen molar-refractivity contribution in [1.29, 1.82) is 0 Å². The van der Waals surface area contributed by atoms with Gasteiger partial charge in [0.15, 0.2) is 5.60 Å². The van der Waals surface area contributed by atoms with Gasteiger partial charge >= 0.3 is 0 Å². The second-order valence-electron chi connectivity index (χ2n) is 8.75. The third kappa shape index (κ3) is 2.17. The maximum Gasteiger partial charge on any atom is 0.211 e. The molecule has 0 N–H and O–H groups in total. The minimum atomic E-state index is -0.997. The summed E-state index contributed by atoms with van der Waals surface area (Å²) in [5, 5.41) is 4.69. The van der Waals surface area contributed by atoms with E-state index in [0.717, 1.165) is 45.2 Å². The van der Waals surface area contributed by atoms with Crippen LogP contribution in [0, 0.1) is 0 Å². The second-order valence-corrected chi connectivity index (χ2v) is 8.75. The molecule has 0 amide bonds. The summed E-state index contributed by atoms with van der Waals surface area (Å²) < 4.78 is 6.93. The molecule has 0 aromatic heterocycles. The number of fused-ring (bicyclic) bond motifs is 10. The van der Waals surface area contributed by atoms with Crippen LogP contribution in [0.5, 0.6) is 5.75 Å². The van der Waals surface area contributed by atoms with E-state index in [4.69, 9.17) is 4.74 Å². The van der Waals surface area contributed by atoms with Gasteiger partial charge in [0.1, 0.15) is 5.75 Å². The van der Waals surface area contributed by atoms with E-state index in [1.54, 1.807) is 0 Å². The molecule has 1 spiro atoms. The molecule has 0 unspecified atom stereocenters. The third-order valence-electron chi connectivity index (χ3n) is 7.18. The maximum atomic E-state index is 14.0. The third-order valence-corrected chi connectivity index (χ3v) is 7.18. The lowest BCUT2D eigenvalue weighted by molar-refractivity contribution is 0.0337. The fourth-order valence-electron chi connectivity index (χ4n) is 5.75. The highest BCUT2D eigenvalue weighted by Gasteiger charge is 2.50. The smallest absolute Gasteiger partial charge is 0.211 e. The first-order chi connectivity index (χ1) is 15.8. The van der Waals surface area contributed by atoms with Crippen molar-refractivity contribution in [3.63, 3.8) is 0 Å². The lowest BCUT2D eigenvalue weighted by atomic mass is 9.70. The minimum absolute atomic E-state index is 0.0645. The number of carbonyl (C=O) groups is 1. The Morgan fingerprint density at radius 3 is 1.94 bits per heavy atom. The van der Waals surface area contributed by atoms with Gasteiger partial charge in [-0.15, -0.1) is 0 Å². The van der Waals surface area contributed by atoms with Gasteiger partial charge in [0, 0.05) is 28.5 Å². The Bertz CT molecular complexity index is 1580. The predicted octanol–water partition coefficient (Wildman–Crippen LogP) is 7.08. The molecular weight excluding hydrogens is 392 g/mol. The molecule has 0 fully saturated rings. The monoisotopic (exact) mass is 412 g/mol. The van der Waals surface area contributed by atoms with Crippen LogP contribution in [-0.2, 0) is 12.0 Å². The number of Topliss-reactive ketones (excluding diaryl/α,β-unsaturated/α-hetero) is 1. The molecule has 1 aliphatic carbocycles. The lowest BCUT2D eigenvalue weighted by Crippen LogP contribution is -2.47. The average molecular weight is 412 g/mol. The lowest BCUT2D eigenvalue weighted by Gasteiger charge is -2.42. The van der Waals surface area contributed by atoms with E-state index in [1.165, 1.54) is 16.3 Å². The van der Waals surface area contributed by atoms with Crippen molar-refractivity contribution in [2.24, 2.45) is 0 Å². The van der Waals surface area contributed by atoms with Crippen LogP contribution in [0.1, 0.15) is 27.9 Å². The van der Waals surface area contributed by atoms with Crippen LogP contribution >= 0.6 is 0 Å². The van der Waals surface area contributed by atoms with Gasteiger partial charge in [-0.25, -0.2) is 0 Å². The van der Waals surface area contributed by atoms with Crippen molar-refractivity contribution in [3.8, 4) is 16.9 Å². The van der Waals surface area contributed by atoms with E-state index in [1.807, 2.05) is 42.5 Å². The van der Waals surface area contributed by atoms with Crippen LogP contribution in [0.2, 0.25) is 0 Å². The molecule has 1 aliphatic heterocycles. The highest BCUT2D eigenvalue weighted by molar-refractivity contribution is 6.15. The van der Waals surface area contributed by atoms with Crippen LogP contribution in [0.4, 0.5) is 0 Å². The molecule has 5 aromatic rings. The number of benzene rings is 5. The zero-order chi connectivity index (χ0) is 21.3. The highest BCUT2D eigenvalue weighted by Crippen LogP contribution is 2.52. The van der Waals surface area contributed by atoms with Crippen molar-refractivity contribution < 1.29 is 9.53 Å². The number of rotatable bonds is 0. The van der Waals surface area contributed by atoms with Gasteiger partial charge in [0.05, 0.1) is 0 Å². The summed E-state index contributed by atoms with van der Waals surface area (Å²) in [6, 6.07) is 33.1. The van der Waals surface area contributed by atoms with E-state index >= 15 is 0 Å². The zero-order valence-corrected chi connectivity index (χ0v) is 17.5. The van der Waals surface area contributed by atoms with E-state index in [0.29, 0.717) is 6.42 Å². The van der Waals surface area contributed by atoms with Gasteiger partial charge in [-0.05, 0) is 33.7 Å². The SMILES string of the molecule is O=C1c2ccccc2-c2ccccc2[C@@]12CCc1c(c3ccccc3c3ccccc13)O2. The normalized spacial score (nSPS) is 18.8. The van der Waals surface area contributed by atoms with Crippen LogP contribution in [0.15, 0.2) is 97.1 Å². The molecule has 2 nitrogen and oxygen atoms in total. The van der Waals surface area contributed by atoms with Gasteiger partial charge in [0.2, 0.25) is 5.78 Å². The summed E-state index contributed by atoms with van der Waals surface area (Å²) in [7, 11) is 0. The molecule has 5 aromatic carbocycles. The topological polar surface area (TPSA) is 26.3 Å². The van der Waals surface area contributed by atoms with Crippen molar-refractivity contribution in [2.45, 2.75) is 18.4 Å². The molecular formula is C30H20O2. The molecule has 7 rings (SSSR count). The van der Waals surface area contributed by atoms with Gasteiger partial charge < -0.3 is 4.74 Å². The second kappa shape index (κ2) is 6.30. The molecule has 0 saturated heterocycles. The first-order valence-electron chi connectivity index (χ1n) is 11.1. The highest BCUT2D eigenvalue weighted by atomic mass is 16.5. The summed E-state index contributed by atoms with van der Waals surface area (Å²) in [6.45, 7) is 0. The Kier molecular flexibility index (Phi) is 3.49. The molecule has 152 valence electrons. The summed E-state index contributed by atoms with van der Waals surface area (Å²) >= 11 is 0. The number of hydrogen-bond donors (Lipinski definition) is 0. The molecule has 1 atom stereocenters. The summed E-state index contributed by atoms with van der Waals surface area (Å²) in [6.07, 6.45) is 1.43. The predicted molar refractivity (Wildman–Crippen MR) is 128 cm³/mol.